The van der Waals surface area contributed by atoms with E-state index in [0.717, 1.165) is 27.7 Å². The van der Waals surface area contributed by atoms with E-state index in [1.54, 1.807) is 13.2 Å². The van der Waals surface area contributed by atoms with Crippen LogP contribution in [0.3, 0.4) is 0 Å². The van der Waals surface area contributed by atoms with Crippen LogP contribution in [0.15, 0.2) is 53.8 Å². The third kappa shape index (κ3) is 5.87. The first-order valence-electron chi connectivity index (χ1n) is 22.4. The smallest absolute Gasteiger partial charge is 0.344 e. The molecular weight excluding hydrogens is 809 g/mol. The first kappa shape index (κ1) is 43.7. The highest BCUT2D eigenvalue weighted by molar-refractivity contribution is 5.97. The lowest BCUT2D eigenvalue weighted by Gasteiger charge is -2.63. The highest BCUT2D eigenvalue weighted by Crippen LogP contribution is 2.70. The molecule has 2 aromatic rings. The molecule has 1 aromatic carbocycles. The number of aliphatic hydroxyl groups is 2. The zero-order valence-electron chi connectivity index (χ0n) is 37.7. The molecule has 2 aliphatic carbocycles. The molecule has 3 unspecified atom stereocenters. The van der Waals surface area contributed by atoms with Crippen LogP contribution in [0.5, 0.6) is 0 Å². The van der Waals surface area contributed by atoms with Gasteiger partial charge >= 0.3 is 23.9 Å². The first-order valence-corrected chi connectivity index (χ1v) is 22.4. The van der Waals surface area contributed by atoms with Crippen molar-refractivity contribution in [1.82, 2.24) is 19.7 Å². The second-order valence-corrected chi connectivity index (χ2v) is 19.3. The SMILES string of the molecule is CC[C@]1(O)C[C@H]2CN(CCc3c([nH]c4ccc(C(=O)OC)cc34)[C@@](C(=O)OC)(C3C=C4C(=CC3OC)N(C)[C@H]3[C@@](O)(C(=O)OC)[C@H](OC(C)=O)[C@]5(CC)C=CCN6CC[C@]43[C@@H]65)C2)C1. The van der Waals surface area contributed by atoms with Gasteiger partial charge in [-0.2, -0.15) is 0 Å². The number of hydrogen-bond donors (Lipinski definition) is 3. The number of likely N-dealkylation sites (N-methyl/N-ethyl adjacent to an activating group) is 1. The highest BCUT2D eigenvalue weighted by Gasteiger charge is 2.81. The van der Waals surface area contributed by atoms with Crippen molar-refractivity contribution in [2.24, 2.45) is 22.7 Å². The largest absolute Gasteiger partial charge is 0.468 e. The maximum atomic E-state index is 15.5. The number of carbonyl (C=O) groups excluding carboxylic acids is 4. The lowest BCUT2D eigenvalue weighted by molar-refractivity contribution is -0.243. The Kier molecular flexibility index (Phi) is 10.6. The van der Waals surface area contributed by atoms with Gasteiger partial charge in [0.2, 0.25) is 5.60 Å². The highest BCUT2D eigenvalue weighted by atomic mass is 16.6. The number of ether oxygens (including phenoxy) is 5. The summed E-state index contributed by atoms with van der Waals surface area (Å²) in [5.74, 6) is -3.32. The fourth-order valence-electron chi connectivity index (χ4n) is 14.2. The monoisotopic (exact) mass is 870 g/mol. The lowest BCUT2D eigenvalue weighted by atomic mass is 9.47. The van der Waals surface area contributed by atoms with Gasteiger partial charge < -0.3 is 43.8 Å². The van der Waals surface area contributed by atoms with E-state index in [1.165, 1.54) is 28.3 Å². The van der Waals surface area contributed by atoms with Crippen molar-refractivity contribution in [2.75, 3.05) is 68.2 Å². The van der Waals surface area contributed by atoms with Gasteiger partial charge in [0, 0.05) is 92.3 Å². The number of rotatable bonds is 8. The van der Waals surface area contributed by atoms with E-state index in [-0.39, 0.29) is 12.0 Å². The average Bonchev–Trinajstić information content (AvgIpc) is 3.94. The molecule has 0 radical (unpaired) electrons. The van der Waals surface area contributed by atoms with E-state index in [9.17, 15) is 24.6 Å². The summed E-state index contributed by atoms with van der Waals surface area (Å²) < 4.78 is 29.3. The summed E-state index contributed by atoms with van der Waals surface area (Å²) in [6.45, 7) is 8.31. The van der Waals surface area contributed by atoms with Crippen molar-refractivity contribution in [1.29, 1.82) is 0 Å². The van der Waals surface area contributed by atoms with E-state index in [1.807, 2.05) is 56.2 Å². The maximum absolute atomic E-state index is 15.5. The number of likely N-dealkylation sites (tertiary alicyclic amines) is 1. The van der Waals surface area contributed by atoms with Gasteiger partial charge in [-0.3, -0.25) is 19.4 Å². The Labute approximate surface area is 368 Å². The predicted molar refractivity (Wildman–Crippen MR) is 230 cm³/mol. The van der Waals surface area contributed by atoms with Gasteiger partial charge in [-0.1, -0.05) is 32.1 Å². The van der Waals surface area contributed by atoms with E-state index in [2.05, 4.69) is 20.9 Å². The Morgan fingerprint density at radius 3 is 2.37 bits per heavy atom. The minimum Gasteiger partial charge on any atom is -0.468 e. The number of fused-ring (bicyclic) bond motifs is 6. The number of nitrogens with one attached hydrogen (secondary N) is 1. The third-order valence-corrected chi connectivity index (χ3v) is 16.5. The topological polar surface area (TPSA) is 180 Å². The molecule has 3 N–H and O–H groups in total. The van der Waals surface area contributed by atoms with Crippen LogP contribution in [0.4, 0.5) is 0 Å². The number of nitrogens with zero attached hydrogens (tertiary/aromatic N) is 3. The van der Waals surface area contributed by atoms with E-state index >= 15 is 4.79 Å². The normalized spacial score (nSPS) is 39.0. The number of allylic oxidation sites excluding steroid dienone is 1. The second-order valence-electron chi connectivity index (χ2n) is 19.3. The minimum atomic E-state index is -2.33. The fraction of sp³-hybridized carbons (Fsp3) is 0.625. The van der Waals surface area contributed by atoms with E-state index in [0.29, 0.717) is 82.5 Å². The minimum absolute atomic E-state index is 0.147. The Bertz CT molecular complexity index is 2340. The molecular formula is C48H62N4O11. The van der Waals surface area contributed by atoms with Crippen molar-refractivity contribution in [2.45, 2.75) is 100 Å². The summed E-state index contributed by atoms with van der Waals surface area (Å²) in [7, 11) is 7.48. The number of esters is 4. The molecule has 3 saturated heterocycles. The number of aromatic amines is 1. The quantitative estimate of drug-likeness (QED) is 0.200. The fourth-order valence-corrected chi connectivity index (χ4v) is 14.2. The maximum Gasteiger partial charge on any atom is 0.344 e. The molecule has 5 aliphatic heterocycles. The van der Waals surface area contributed by atoms with Crippen LogP contribution in [0.25, 0.3) is 10.9 Å². The van der Waals surface area contributed by atoms with Crippen LogP contribution in [-0.2, 0) is 49.9 Å². The van der Waals surface area contributed by atoms with E-state index < -0.39 is 75.5 Å². The number of benzene rings is 1. The molecule has 7 aliphatic rings. The summed E-state index contributed by atoms with van der Waals surface area (Å²) in [5, 5.41) is 26.2. The molecule has 15 nitrogen and oxygen atoms in total. The number of piperidine rings is 1. The number of hydrogen-bond acceptors (Lipinski definition) is 14. The van der Waals surface area contributed by atoms with Gasteiger partial charge in [-0.25, -0.2) is 9.59 Å². The van der Waals surface area contributed by atoms with Gasteiger partial charge in [0.25, 0.3) is 0 Å². The molecule has 63 heavy (non-hydrogen) atoms. The molecule has 4 fully saturated rings. The summed E-state index contributed by atoms with van der Waals surface area (Å²) in [6, 6.07) is 4.11. The standard InChI is InChI=1S/C48H62N4O11/c1-9-44(57)23-28-24-47(42(55)61-7,37-30(14-18-51(25-28)26-44)31-20-29(38(54)60-6)12-13-34(31)49-37)33-21-32-35(22-36(33)59-5)50(4)40-46(32)16-19-52-17-11-15-45(10-2,39(46)52)41(63-27(3)53)48(40,58)43(56)62-8/h11-13,15,20-22,28,33,36,39-41,49,57-58H,9-10,14,16-19,23-26H2,1-8H3/t28-,33?,36?,39+,40-,41-,44+,45-,46-,47+,48+/m1/s1. The van der Waals surface area contributed by atoms with Crippen LogP contribution in [0.1, 0.15) is 74.5 Å². The molecule has 1 spiro atoms. The van der Waals surface area contributed by atoms with Crippen LogP contribution in [-0.4, -0.2) is 157 Å². The molecule has 15 heteroatoms. The molecule has 2 bridgehead atoms. The number of methoxy groups -OCH3 is 4. The molecule has 9 rings (SSSR count). The summed E-state index contributed by atoms with van der Waals surface area (Å²) >= 11 is 0. The zero-order valence-corrected chi connectivity index (χ0v) is 37.7. The van der Waals surface area contributed by atoms with Crippen LogP contribution in [0.2, 0.25) is 0 Å². The predicted octanol–water partition coefficient (Wildman–Crippen LogP) is 3.42. The number of aromatic nitrogens is 1. The van der Waals surface area contributed by atoms with Crippen molar-refractivity contribution in [3.63, 3.8) is 0 Å². The van der Waals surface area contributed by atoms with Gasteiger partial charge in [-0.05, 0) is 86.4 Å². The summed E-state index contributed by atoms with van der Waals surface area (Å²) in [5.41, 5.74) is -2.40. The van der Waals surface area contributed by atoms with Crippen molar-refractivity contribution in [3.8, 4) is 0 Å². The number of H-pyrrole nitrogens is 1. The Balaban J connectivity index is 1.34. The van der Waals surface area contributed by atoms with Gasteiger partial charge in [0.1, 0.15) is 5.41 Å². The Morgan fingerprint density at radius 1 is 0.937 bits per heavy atom. The summed E-state index contributed by atoms with van der Waals surface area (Å²) in [6.07, 6.45) is 9.06. The molecule has 12 atom stereocenters. The zero-order chi connectivity index (χ0) is 45.0. The van der Waals surface area contributed by atoms with Crippen LogP contribution >= 0.6 is 0 Å². The molecule has 340 valence electrons. The second kappa shape index (κ2) is 15.3. The summed E-state index contributed by atoms with van der Waals surface area (Å²) in [4.78, 5) is 66.3. The first-order chi connectivity index (χ1) is 30.1. The Morgan fingerprint density at radius 2 is 1.70 bits per heavy atom. The van der Waals surface area contributed by atoms with Gasteiger partial charge in [0.15, 0.2) is 6.10 Å². The molecule has 1 aromatic heterocycles. The van der Waals surface area contributed by atoms with Crippen molar-refractivity contribution in [3.05, 3.63) is 70.6 Å². The molecule has 1 saturated carbocycles. The molecule has 6 heterocycles. The van der Waals surface area contributed by atoms with Crippen LogP contribution in [0, 0.1) is 22.7 Å². The van der Waals surface area contributed by atoms with Crippen LogP contribution < -0.4 is 0 Å². The van der Waals surface area contributed by atoms with Gasteiger partial charge in [-0.15, -0.1) is 0 Å². The molecule has 0 amide bonds. The van der Waals surface area contributed by atoms with Crippen molar-refractivity contribution < 1.29 is 53.1 Å². The van der Waals surface area contributed by atoms with E-state index in [4.69, 9.17) is 23.7 Å². The number of carbonyl (C=O) groups is 4. The third-order valence-electron chi connectivity index (χ3n) is 16.5. The average molecular weight is 871 g/mol. The Hall–Kier alpha value is -4.54. The van der Waals surface area contributed by atoms with Gasteiger partial charge in [0.05, 0.1) is 44.6 Å². The lowest BCUT2D eigenvalue weighted by Crippen LogP contribution is -2.79. The van der Waals surface area contributed by atoms with Crippen molar-refractivity contribution >= 4 is 34.8 Å².